The maximum absolute atomic E-state index is 10.4. The quantitative estimate of drug-likeness (QED) is 0.576. The summed E-state index contributed by atoms with van der Waals surface area (Å²) in [7, 11) is 0. The van der Waals surface area contributed by atoms with Gasteiger partial charge in [-0.15, -0.1) is 0 Å². The van der Waals surface area contributed by atoms with Crippen LogP contribution >= 0.6 is 11.5 Å². The zero-order chi connectivity index (χ0) is 10.8. The average molecular weight is 221 g/mol. The number of aryl methyl sites for hydroxylation is 1. The molecule has 0 aliphatic carbocycles. The molecule has 0 saturated heterocycles. The van der Waals surface area contributed by atoms with E-state index in [-0.39, 0.29) is 5.82 Å². The second-order valence-electron chi connectivity index (χ2n) is 2.99. The third-order valence-electron chi connectivity index (χ3n) is 1.85. The van der Waals surface area contributed by atoms with Gasteiger partial charge in [0, 0.05) is 11.6 Å². The highest BCUT2D eigenvalue weighted by Gasteiger charge is 2.08. The van der Waals surface area contributed by atoms with E-state index in [0.717, 1.165) is 16.1 Å². The van der Waals surface area contributed by atoms with Crippen LogP contribution in [0.1, 0.15) is 5.69 Å². The summed E-state index contributed by atoms with van der Waals surface area (Å²) in [5.74, 6) is -0.139. The Hall–Kier alpha value is -1.82. The summed E-state index contributed by atoms with van der Waals surface area (Å²) in [5.41, 5.74) is 1.79. The van der Waals surface area contributed by atoms with Gasteiger partial charge in [-0.25, -0.2) is 0 Å². The predicted molar refractivity (Wildman–Crippen MR) is 56.7 cm³/mol. The van der Waals surface area contributed by atoms with Crippen molar-refractivity contribution in [2.24, 2.45) is 0 Å². The lowest BCUT2D eigenvalue weighted by Crippen LogP contribution is -1.90. The molecule has 0 aliphatic heterocycles. The predicted octanol–water partition coefficient (Wildman–Crippen LogP) is 2.42. The molecule has 5 nitrogen and oxygen atoms in total. The minimum atomic E-state index is -0.512. The Bertz CT molecular complexity index is 492. The minimum Gasteiger partial charge on any atom is -0.358 e. The molecule has 0 bridgehead atoms. The van der Waals surface area contributed by atoms with E-state index >= 15 is 0 Å². The normalized spacial score (nSPS) is 10.2. The zero-order valence-corrected chi connectivity index (χ0v) is 8.69. The van der Waals surface area contributed by atoms with Crippen molar-refractivity contribution in [2.75, 3.05) is 0 Å². The molecule has 15 heavy (non-hydrogen) atoms. The molecular formula is C9H7N3O2S. The van der Waals surface area contributed by atoms with Crippen LogP contribution in [0.25, 0.3) is 10.4 Å². The minimum absolute atomic E-state index is 0.139. The molecule has 0 aliphatic rings. The summed E-state index contributed by atoms with van der Waals surface area (Å²) in [4.78, 5) is 14.6. The molecule has 6 heteroatoms. The average Bonchev–Trinajstić information content (AvgIpc) is 2.65. The summed E-state index contributed by atoms with van der Waals surface area (Å²) in [5, 5.41) is 10.4. The Kier molecular flexibility index (Phi) is 2.42. The molecular weight excluding hydrogens is 214 g/mol. The van der Waals surface area contributed by atoms with Crippen molar-refractivity contribution in [3.05, 3.63) is 40.2 Å². The van der Waals surface area contributed by atoms with E-state index < -0.39 is 4.92 Å². The van der Waals surface area contributed by atoms with Gasteiger partial charge in [-0.05, 0) is 40.5 Å². The molecule has 2 rings (SSSR count). The van der Waals surface area contributed by atoms with Crippen molar-refractivity contribution in [1.29, 1.82) is 0 Å². The van der Waals surface area contributed by atoms with Crippen LogP contribution in [0.5, 0.6) is 0 Å². The monoisotopic (exact) mass is 221 g/mol. The van der Waals surface area contributed by atoms with Crippen LogP contribution in [-0.4, -0.2) is 14.3 Å². The Morgan fingerprint density at radius 1 is 1.47 bits per heavy atom. The first-order chi connectivity index (χ1) is 7.16. The van der Waals surface area contributed by atoms with Gasteiger partial charge in [0.05, 0.1) is 10.6 Å². The Morgan fingerprint density at radius 2 is 2.27 bits per heavy atom. The van der Waals surface area contributed by atoms with Crippen molar-refractivity contribution in [3.63, 3.8) is 0 Å². The summed E-state index contributed by atoms with van der Waals surface area (Å²) < 4.78 is 4.13. The molecule has 0 amide bonds. The van der Waals surface area contributed by atoms with Crippen LogP contribution in [0, 0.1) is 17.0 Å². The highest BCUT2D eigenvalue weighted by molar-refractivity contribution is 7.09. The fraction of sp³-hybridized carbons (Fsp3) is 0.111. The lowest BCUT2D eigenvalue weighted by atomic mass is 10.2. The van der Waals surface area contributed by atoms with Crippen molar-refractivity contribution in [1.82, 2.24) is 9.36 Å². The van der Waals surface area contributed by atoms with Crippen LogP contribution in [0.4, 0.5) is 5.82 Å². The van der Waals surface area contributed by atoms with Gasteiger partial charge in [-0.3, -0.25) is 0 Å². The van der Waals surface area contributed by atoms with Gasteiger partial charge in [-0.1, -0.05) is 0 Å². The molecule has 0 radical (unpaired) electrons. The fourth-order valence-electron chi connectivity index (χ4n) is 1.14. The molecule has 0 unspecified atom stereocenters. The molecule has 0 fully saturated rings. The van der Waals surface area contributed by atoms with E-state index in [4.69, 9.17) is 0 Å². The number of nitrogens with zero attached hydrogens (tertiary/aromatic N) is 3. The van der Waals surface area contributed by atoms with E-state index in [1.165, 1.54) is 23.8 Å². The molecule has 0 atom stereocenters. The maximum atomic E-state index is 10.4. The van der Waals surface area contributed by atoms with Crippen molar-refractivity contribution in [2.45, 2.75) is 6.92 Å². The zero-order valence-electron chi connectivity index (χ0n) is 7.88. The third kappa shape index (κ3) is 1.99. The third-order valence-corrected chi connectivity index (χ3v) is 2.78. The lowest BCUT2D eigenvalue weighted by molar-refractivity contribution is -0.389. The largest absolute Gasteiger partial charge is 0.363 e. The highest BCUT2D eigenvalue weighted by atomic mass is 32.1. The first kappa shape index (κ1) is 9.72. The first-order valence-electron chi connectivity index (χ1n) is 4.21. The smallest absolute Gasteiger partial charge is 0.358 e. The number of nitro groups is 1. The number of pyridine rings is 1. The van der Waals surface area contributed by atoms with E-state index in [9.17, 15) is 10.1 Å². The van der Waals surface area contributed by atoms with Gasteiger partial charge in [0.2, 0.25) is 0 Å². The van der Waals surface area contributed by atoms with Crippen LogP contribution in [0.15, 0.2) is 24.4 Å². The van der Waals surface area contributed by atoms with Crippen LogP contribution < -0.4 is 0 Å². The first-order valence-corrected chi connectivity index (χ1v) is 4.98. The van der Waals surface area contributed by atoms with Gasteiger partial charge >= 0.3 is 5.82 Å². The Balaban J connectivity index is 2.35. The van der Waals surface area contributed by atoms with E-state index in [1.54, 1.807) is 6.07 Å². The van der Waals surface area contributed by atoms with Gasteiger partial charge in [0.15, 0.2) is 0 Å². The number of aromatic nitrogens is 2. The topological polar surface area (TPSA) is 68.9 Å². The van der Waals surface area contributed by atoms with Crippen molar-refractivity contribution >= 4 is 17.4 Å². The molecule has 0 saturated carbocycles. The van der Waals surface area contributed by atoms with Crippen molar-refractivity contribution < 1.29 is 4.92 Å². The van der Waals surface area contributed by atoms with Gasteiger partial charge in [-0.2, -0.15) is 4.37 Å². The summed E-state index contributed by atoms with van der Waals surface area (Å²) >= 11 is 1.36. The van der Waals surface area contributed by atoms with E-state index in [2.05, 4.69) is 9.36 Å². The Labute approximate surface area is 89.7 Å². The summed E-state index contributed by atoms with van der Waals surface area (Å²) in [6, 6.07) is 5.00. The standard InChI is InChI=1S/C9H7N3O2S/c1-6-4-8(15-11-6)7-2-3-9(10-5-7)12(13)14/h2-5H,1H3. The molecule has 76 valence electrons. The maximum Gasteiger partial charge on any atom is 0.363 e. The van der Waals surface area contributed by atoms with Gasteiger partial charge < -0.3 is 10.1 Å². The summed E-state index contributed by atoms with van der Waals surface area (Å²) in [6.07, 6.45) is 1.49. The lowest BCUT2D eigenvalue weighted by Gasteiger charge is -1.93. The number of hydrogen-bond donors (Lipinski definition) is 0. The summed E-state index contributed by atoms with van der Waals surface area (Å²) in [6.45, 7) is 1.90. The fourth-order valence-corrected chi connectivity index (χ4v) is 1.88. The molecule has 2 heterocycles. The molecule has 2 aromatic heterocycles. The van der Waals surface area contributed by atoms with Crippen molar-refractivity contribution in [3.8, 4) is 10.4 Å². The number of hydrogen-bond acceptors (Lipinski definition) is 5. The van der Waals surface area contributed by atoms with Gasteiger partial charge in [0.1, 0.15) is 6.20 Å². The Morgan fingerprint density at radius 3 is 2.73 bits per heavy atom. The molecule has 2 aromatic rings. The molecule has 0 spiro atoms. The molecule has 0 N–H and O–H groups in total. The van der Waals surface area contributed by atoms with Crippen LogP contribution in [0.3, 0.4) is 0 Å². The van der Waals surface area contributed by atoms with E-state index in [1.807, 2.05) is 13.0 Å². The van der Waals surface area contributed by atoms with Crippen LogP contribution in [-0.2, 0) is 0 Å². The molecule has 0 aromatic carbocycles. The van der Waals surface area contributed by atoms with E-state index in [0.29, 0.717) is 0 Å². The second-order valence-corrected chi connectivity index (χ2v) is 3.80. The second kappa shape index (κ2) is 3.74. The van der Waals surface area contributed by atoms with Crippen LogP contribution in [0.2, 0.25) is 0 Å². The number of rotatable bonds is 2. The highest BCUT2D eigenvalue weighted by Crippen LogP contribution is 2.24. The van der Waals surface area contributed by atoms with Gasteiger partial charge in [0.25, 0.3) is 0 Å². The SMILES string of the molecule is Cc1cc(-c2ccc([N+](=O)[O-])nc2)sn1.